The molecule has 0 radical (unpaired) electrons. The molecule has 1 saturated heterocycles. The van der Waals surface area contributed by atoms with Gasteiger partial charge in [0.25, 0.3) is 5.89 Å². The van der Waals surface area contributed by atoms with Crippen LogP contribution in [-0.4, -0.2) is 23.2 Å². The summed E-state index contributed by atoms with van der Waals surface area (Å²) in [5.41, 5.74) is 3.20. The van der Waals surface area contributed by atoms with E-state index in [1.54, 1.807) is 0 Å². The van der Waals surface area contributed by atoms with Gasteiger partial charge in [-0.05, 0) is 55.7 Å². The fraction of sp³-hybridized carbons (Fsp3) is 0.263. The molecule has 0 unspecified atom stereocenters. The molecule has 0 amide bonds. The van der Waals surface area contributed by atoms with Crippen molar-refractivity contribution in [3.8, 4) is 22.8 Å². The minimum Gasteiger partial charge on any atom is -0.372 e. The highest BCUT2D eigenvalue weighted by atomic mass is 16.5. The van der Waals surface area contributed by atoms with Crippen molar-refractivity contribution < 1.29 is 4.52 Å². The van der Waals surface area contributed by atoms with Crippen LogP contribution in [0.1, 0.15) is 19.3 Å². The first-order valence-electron chi connectivity index (χ1n) is 8.15. The van der Waals surface area contributed by atoms with Gasteiger partial charge < -0.3 is 9.42 Å². The van der Waals surface area contributed by atoms with Crippen molar-refractivity contribution in [3.63, 3.8) is 0 Å². The summed E-state index contributed by atoms with van der Waals surface area (Å²) in [6, 6.07) is 18.3. The minimum atomic E-state index is 0.556. The Balaban J connectivity index is 1.55. The molecule has 4 nitrogen and oxygen atoms in total. The summed E-state index contributed by atoms with van der Waals surface area (Å²) in [6.07, 6.45) is 3.92. The molecule has 0 N–H and O–H groups in total. The Hall–Kier alpha value is -2.62. The van der Waals surface area contributed by atoms with Gasteiger partial charge in [0.15, 0.2) is 0 Å². The van der Waals surface area contributed by atoms with Crippen molar-refractivity contribution in [2.75, 3.05) is 18.0 Å². The Kier molecular flexibility index (Phi) is 3.80. The number of piperidine rings is 1. The lowest BCUT2D eigenvalue weighted by molar-refractivity contribution is 0.432. The predicted octanol–water partition coefficient (Wildman–Crippen LogP) is 4.39. The molecule has 1 aliphatic rings. The zero-order valence-electron chi connectivity index (χ0n) is 13.0. The van der Waals surface area contributed by atoms with Crippen LogP contribution in [0.3, 0.4) is 0 Å². The molecule has 116 valence electrons. The summed E-state index contributed by atoms with van der Waals surface area (Å²) in [6.45, 7) is 2.30. The number of nitrogens with zero attached hydrogens (tertiary/aromatic N) is 3. The molecule has 1 aromatic heterocycles. The second-order valence-electron chi connectivity index (χ2n) is 5.88. The van der Waals surface area contributed by atoms with Crippen molar-refractivity contribution in [1.82, 2.24) is 10.1 Å². The second kappa shape index (κ2) is 6.24. The molecule has 0 saturated carbocycles. The summed E-state index contributed by atoms with van der Waals surface area (Å²) < 4.78 is 5.38. The maximum absolute atomic E-state index is 5.38. The summed E-state index contributed by atoms with van der Waals surface area (Å²) in [7, 11) is 0. The number of anilines is 1. The van der Waals surface area contributed by atoms with Crippen LogP contribution in [0.4, 0.5) is 5.69 Å². The molecule has 1 aliphatic heterocycles. The maximum Gasteiger partial charge on any atom is 0.258 e. The number of rotatable bonds is 3. The zero-order chi connectivity index (χ0) is 15.5. The van der Waals surface area contributed by atoms with E-state index in [0.717, 1.165) is 24.2 Å². The van der Waals surface area contributed by atoms with Crippen molar-refractivity contribution in [2.24, 2.45) is 0 Å². The van der Waals surface area contributed by atoms with E-state index in [1.165, 1.54) is 24.9 Å². The molecule has 3 aromatic rings. The van der Waals surface area contributed by atoms with E-state index in [4.69, 9.17) is 4.52 Å². The van der Waals surface area contributed by atoms with E-state index in [9.17, 15) is 0 Å². The summed E-state index contributed by atoms with van der Waals surface area (Å²) in [4.78, 5) is 6.94. The molecule has 0 atom stereocenters. The third-order valence-electron chi connectivity index (χ3n) is 4.29. The lowest BCUT2D eigenvalue weighted by atomic mass is 10.1. The van der Waals surface area contributed by atoms with Gasteiger partial charge in [-0.1, -0.05) is 23.4 Å². The van der Waals surface area contributed by atoms with Gasteiger partial charge in [-0.15, -0.1) is 0 Å². The van der Waals surface area contributed by atoms with Crippen molar-refractivity contribution >= 4 is 5.69 Å². The highest BCUT2D eigenvalue weighted by molar-refractivity contribution is 5.62. The van der Waals surface area contributed by atoms with Gasteiger partial charge in [0.2, 0.25) is 5.82 Å². The van der Waals surface area contributed by atoms with E-state index in [2.05, 4.69) is 39.3 Å². The van der Waals surface area contributed by atoms with Crippen LogP contribution in [0.25, 0.3) is 22.8 Å². The first-order valence-corrected chi connectivity index (χ1v) is 8.15. The van der Waals surface area contributed by atoms with E-state index >= 15 is 0 Å². The Bertz CT molecular complexity index is 759. The van der Waals surface area contributed by atoms with E-state index in [1.807, 2.05) is 30.3 Å². The van der Waals surface area contributed by atoms with Gasteiger partial charge in [-0.3, -0.25) is 0 Å². The van der Waals surface area contributed by atoms with Crippen molar-refractivity contribution in [1.29, 1.82) is 0 Å². The lowest BCUT2D eigenvalue weighted by Crippen LogP contribution is -2.29. The van der Waals surface area contributed by atoms with Gasteiger partial charge in [0.05, 0.1) is 0 Å². The molecule has 2 heterocycles. The first-order chi connectivity index (χ1) is 11.4. The summed E-state index contributed by atoms with van der Waals surface area (Å²) >= 11 is 0. The predicted molar refractivity (Wildman–Crippen MR) is 91.2 cm³/mol. The van der Waals surface area contributed by atoms with Gasteiger partial charge in [-0.25, -0.2) is 0 Å². The van der Waals surface area contributed by atoms with Crippen molar-refractivity contribution in [2.45, 2.75) is 19.3 Å². The van der Waals surface area contributed by atoms with Crippen LogP contribution >= 0.6 is 0 Å². The number of aromatic nitrogens is 2. The SMILES string of the molecule is c1ccc(-c2nc(-c3ccc(N4CCCCC4)cc3)no2)cc1. The molecular formula is C19H19N3O. The molecule has 2 aromatic carbocycles. The monoisotopic (exact) mass is 305 g/mol. The minimum absolute atomic E-state index is 0.556. The van der Waals surface area contributed by atoms with E-state index in [0.29, 0.717) is 11.7 Å². The summed E-state index contributed by atoms with van der Waals surface area (Å²) in [5, 5.41) is 4.11. The third kappa shape index (κ3) is 2.97. The van der Waals surface area contributed by atoms with Crippen LogP contribution in [0.5, 0.6) is 0 Å². The average Bonchev–Trinajstić information content (AvgIpc) is 3.14. The molecule has 0 bridgehead atoms. The average molecular weight is 305 g/mol. The fourth-order valence-electron chi connectivity index (χ4n) is 3.01. The molecule has 4 rings (SSSR count). The molecule has 23 heavy (non-hydrogen) atoms. The largest absolute Gasteiger partial charge is 0.372 e. The van der Waals surface area contributed by atoms with Gasteiger partial charge in [0, 0.05) is 29.9 Å². The normalized spacial score (nSPS) is 14.9. The van der Waals surface area contributed by atoms with Crippen LogP contribution in [-0.2, 0) is 0 Å². The van der Waals surface area contributed by atoms with Crippen LogP contribution in [0.15, 0.2) is 59.1 Å². The number of hydrogen-bond acceptors (Lipinski definition) is 4. The van der Waals surface area contributed by atoms with Gasteiger partial charge >= 0.3 is 0 Å². The molecule has 0 spiro atoms. The zero-order valence-corrected chi connectivity index (χ0v) is 13.0. The summed E-state index contributed by atoms with van der Waals surface area (Å²) in [5.74, 6) is 1.19. The third-order valence-corrected chi connectivity index (χ3v) is 4.29. The molecule has 4 heteroatoms. The molecular weight excluding hydrogens is 286 g/mol. The number of hydrogen-bond donors (Lipinski definition) is 0. The number of benzene rings is 2. The van der Waals surface area contributed by atoms with Crippen LogP contribution in [0.2, 0.25) is 0 Å². The van der Waals surface area contributed by atoms with Crippen molar-refractivity contribution in [3.05, 3.63) is 54.6 Å². The Labute approximate surface area is 135 Å². The van der Waals surface area contributed by atoms with Crippen LogP contribution < -0.4 is 4.90 Å². The quantitative estimate of drug-likeness (QED) is 0.719. The Morgan fingerprint density at radius 3 is 2.26 bits per heavy atom. The van der Waals surface area contributed by atoms with Gasteiger partial charge in [0.1, 0.15) is 0 Å². The lowest BCUT2D eigenvalue weighted by Gasteiger charge is -2.28. The van der Waals surface area contributed by atoms with E-state index in [-0.39, 0.29) is 0 Å². The Morgan fingerprint density at radius 2 is 1.52 bits per heavy atom. The van der Waals surface area contributed by atoms with Gasteiger partial charge in [-0.2, -0.15) is 4.98 Å². The Morgan fingerprint density at radius 1 is 0.783 bits per heavy atom. The standard InChI is InChI=1S/C19H19N3O/c1-3-7-16(8-4-1)19-20-18(21-23-19)15-9-11-17(12-10-15)22-13-5-2-6-14-22/h1,3-4,7-12H,2,5-6,13-14H2. The van der Waals surface area contributed by atoms with Crippen LogP contribution in [0, 0.1) is 0 Å². The molecule has 0 aliphatic carbocycles. The fourth-order valence-corrected chi connectivity index (χ4v) is 3.01. The maximum atomic E-state index is 5.38. The highest BCUT2D eigenvalue weighted by Crippen LogP contribution is 2.25. The second-order valence-corrected chi connectivity index (χ2v) is 5.88. The smallest absolute Gasteiger partial charge is 0.258 e. The first kappa shape index (κ1) is 14.0. The highest BCUT2D eigenvalue weighted by Gasteiger charge is 2.13. The van der Waals surface area contributed by atoms with E-state index < -0.39 is 0 Å². The topological polar surface area (TPSA) is 42.2 Å². The molecule has 1 fully saturated rings.